The van der Waals surface area contributed by atoms with Crippen LogP contribution in [0.5, 0.6) is 0 Å². The maximum atomic E-state index is 6.75. The third-order valence-electron chi connectivity index (χ3n) is 3.95. The predicted molar refractivity (Wildman–Crippen MR) is 80.9 cm³/mol. The van der Waals surface area contributed by atoms with Crippen molar-refractivity contribution in [3.05, 3.63) is 0 Å². The standard InChI is InChI=1S/C15H33BN/c1-4-9-14(10-5-2)15(17,11-6-3)12-7-8-13-16/h14,16H,4-13,17H2,1-3H3. The van der Waals surface area contributed by atoms with Gasteiger partial charge in [-0.15, -0.1) is 0 Å². The summed E-state index contributed by atoms with van der Waals surface area (Å²) in [7, 11) is 3.93. The van der Waals surface area contributed by atoms with E-state index in [1.165, 1.54) is 57.8 Å². The first-order valence-corrected chi connectivity index (χ1v) is 7.72. The summed E-state index contributed by atoms with van der Waals surface area (Å²) in [5, 5.41) is 0. The van der Waals surface area contributed by atoms with Crippen molar-refractivity contribution >= 4 is 7.85 Å². The van der Waals surface area contributed by atoms with E-state index in [0.29, 0.717) is 0 Å². The van der Waals surface area contributed by atoms with E-state index < -0.39 is 0 Å². The number of nitrogens with two attached hydrogens (primary N) is 1. The maximum absolute atomic E-state index is 6.75. The molecule has 0 aliphatic heterocycles. The fourth-order valence-corrected chi connectivity index (χ4v) is 3.05. The van der Waals surface area contributed by atoms with E-state index in [2.05, 4.69) is 28.6 Å². The molecule has 2 heteroatoms. The highest BCUT2D eigenvalue weighted by Crippen LogP contribution is 2.33. The zero-order valence-corrected chi connectivity index (χ0v) is 12.4. The zero-order chi connectivity index (χ0) is 13.1. The average Bonchev–Trinajstić information content (AvgIpc) is 2.29. The molecule has 0 fully saturated rings. The van der Waals surface area contributed by atoms with Crippen LogP contribution in [0.3, 0.4) is 0 Å². The summed E-state index contributed by atoms with van der Waals surface area (Å²) in [6, 6.07) is 0. The van der Waals surface area contributed by atoms with Gasteiger partial charge in [0.05, 0.1) is 7.85 Å². The molecule has 2 N–H and O–H groups in total. The van der Waals surface area contributed by atoms with Crippen molar-refractivity contribution in [3.63, 3.8) is 0 Å². The Morgan fingerprint density at radius 3 is 1.94 bits per heavy atom. The van der Waals surface area contributed by atoms with Crippen LogP contribution in [0.25, 0.3) is 0 Å². The molecule has 0 bridgehead atoms. The van der Waals surface area contributed by atoms with Crippen molar-refractivity contribution in [1.29, 1.82) is 0 Å². The van der Waals surface area contributed by atoms with Crippen LogP contribution in [-0.4, -0.2) is 13.4 Å². The van der Waals surface area contributed by atoms with Crippen molar-refractivity contribution in [2.24, 2.45) is 11.7 Å². The van der Waals surface area contributed by atoms with Crippen LogP contribution in [0.2, 0.25) is 6.32 Å². The van der Waals surface area contributed by atoms with Gasteiger partial charge in [0, 0.05) is 5.54 Å². The largest absolute Gasteiger partial charge is 0.325 e. The molecule has 0 heterocycles. The Hall–Kier alpha value is 0.0249. The van der Waals surface area contributed by atoms with Crippen molar-refractivity contribution in [1.82, 2.24) is 0 Å². The van der Waals surface area contributed by atoms with Crippen molar-refractivity contribution in [2.45, 2.75) is 90.4 Å². The summed E-state index contributed by atoms with van der Waals surface area (Å²) < 4.78 is 0. The van der Waals surface area contributed by atoms with Gasteiger partial charge in [-0.25, -0.2) is 0 Å². The van der Waals surface area contributed by atoms with Gasteiger partial charge in [-0.3, -0.25) is 0 Å². The van der Waals surface area contributed by atoms with Crippen LogP contribution in [0.4, 0.5) is 0 Å². The van der Waals surface area contributed by atoms with E-state index in [1.807, 2.05) is 0 Å². The van der Waals surface area contributed by atoms with Gasteiger partial charge >= 0.3 is 0 Å². The number of rotatable bonds is 11. The summed E-state index contributed by atoms with van der Waals surface area (Å²) in [5.41, 5.74) is 6.84. The van der Waals surface area contributed by atoms with Gasteiger partial charge < -0.3 is 5.73 Å². The lowest BCUT2D eigenvalue weighted by molar-refractivity contribution is 0.201. The zero-order valence-electron chi connectivity index (χ0n) is 12.4. The smallest absolute Gasteiger partial charge is 0.0865 e. The average molecular weight is 238 g/mol. The first-order valence-electron chi connectivity index (χ1n) is 7.72. The first-order chi connectivity index (χ1) is 8.14. The second kappa shape index (κ2) is 9.99. The van der Waals surface area contributed by atoms with Crippen molar-refractivity contribution in [3.8, 4) is 0 Å². The molecule has 0 saturated carbocycles. The molecule has 0 spiro atoms. The minimum Gasteiger partial charge on any atom is -0.325 e. The first kappa shape index (κ1) is 17.0. The highest BCUT2D eigenvalue weighted by atomic mass is 14.8. The minimum atomic E-state index is 0.0932. The lowest BCUT2D eigenvalue weighted by Gasteiger charge is -2.38. The fraction of sp³-hybridized carbons (Fsp3) is 1.00. The second-order valence-corrected chi connectivity index (χ2v) is 5.57. The SMILES string of the molecule is [BH]CCCCC(N)(CCC)C(CCC)CCC. The summed E-state index contributed by atoms with van der Waals surface area (Å²) in [4.78, 5) is 0. The van der Waals surface area contributed by atoms with Crippen LogP contribution in [-0.2, 0) is 0 Å². The molecule has 0 aromatic carbocycles. The Balaban J connectivity index is 4.47. The maximum Gasteiger partial charge on any atom is 0.0865 e. The second-order valence-electron chi connectivity index (χ2n) is 5.57. The van der Waals surface area contributed by atoms with Crippen LogP contribution in [0.1, 0.15) is 78.6 Å². The Bertz CT molecular complexity index is 166. The molecule has 1 radical (unpaired) electrons. The number of hydrogen-bond donors (Lipinski definition) is 1. The molecule has 1 nitrogen and oxygen atoms in total. The predicted octanol–water partition coefficient (Wildman–Crippen LogP) is 4.19. The van der Waals surface area contributed by atoms with Gasteiger partial charge in [0.25, 0.3) is 0 Å². The molecule has 1 atom stereocenters. The lowest BCUT2D eigenvalue weighted by Crippen LogP contribution is -2.47. The van der Waals surface area contributed by atoms with Crippen molar-refractivity contribution < 1.29 is 0 Å². The normalized spacial score (nSPS) is 15.1. The van der Waals surface area contributed by atoms with E-state index in [0.717, 1.165) is 12.2 Å². The monoisotopic (exact) mass is 238 g/mol. The lowest BCUT2D eigenvalue weighted by atomic mass is 9.73. The fourth-order valence-electron chi connectivity index (χ4n) is 3.05. The van der Waals surface area contributed by atoms with E-state index in [4.69, 9.17) is 5.73 Å². The molecule has 0 saturated heterocycles. The number of unbranched alkanes of at least 4 members (excludes halogenated alkanes) is 1. The molecule has 0 rings (SSSR count). The minimum absolute atomic E-state index is 0.0932. The van der Waals surface area contributed by atoms with E-state index in [-0.39, 0.29) is 5.54 Å². The molecule has 0 aromatic rings. The Labute approximate surface area is 110 Å². The van der Waals surface area contributed by atoms with Crippen LogP contribution in [0.15, 0.2) is 0 Å². The summed E-state index contributed by atoms with van der Waals surface area (Å²) >= 11 is 0. The Kier molecular flexibility index (Phi) is 10.0. The highest BCUT2D eigenvalue weighted by molar-refractivity contribution is 6.08. The van der Waals surface area contributed by atoms with Crippen LogP contribution < -0.4 is 5.73 Å². The molecule has 0 aliphatic carbocycles. The topological polar surface area (TPSA) is 26.0 Å². The molecule has 0 aliphatic rings. The summed E-state index contributed by atoms with van der Waals surface area (Å²) in [6.45, 7) is 6.83. The van der Waals surface area contributed by atoms with E-state index in [9.17, 15) is 0 Å². The molecule has 17 heavy (non-hydrogen) atoms. The Morgan fingerprint density at radius 1 is 0.941 bits per heavy atom. The summed E-state index contributed by atoms with van der Waals surface area (Å²) in [5.74, 6) is 0.724. The molecular weight excluding hydrogens is 205 g/mol. The van der Waals surface area contributed by atoms with Gasteiger partial charge in [0.2, 0.25) is 0 Å². The highest BCUT2D eigenvalue weighted by Gasteiger charge is 2.31. The molecule has 1 unspecified atom stereocenters. The molecular formula is C15H33BN. The van der Waals surface area contributed by atoms with Crippen LogP contribution in [0, 0.1) is 5.92 Å². The van der Waals surface area contributed by atoms with Gasteiger partial charge in [-0.1, -0.05) is 59.2 Å². The molecule has 0 aromatic heterocycles. The Morgan fingerprint density at radius 2 is 1.53 bits per heavy atom. The summed E-state index contributed by atoms with van der Waals surface area (Å²) in [6.07, 6.45) is 12.3. The molecule has 0 amide bonds. The third kappa shape index (κ3) is 6.50. The quantitative estimate of drug-likeness (QED) is 0.424. The number of hydrogen-bond acceptors (Lipinski definition) is 1. The van der Waals surface area contributed by atoms with Crippen molar-refractivity contribution in [2.75, 3.05) is 0 Å². The van der Waals surface area contributed by atoms with Gasteiger partial charge in [-0.05, 0) is 31.6 Å². The molecule has 101 valence electrons. The van der Waals surface area contributed by atoms with E-state index in [1.54, 1.807) is 0 Å². The third-order valence-corrected chi connectivity index (χ3v) is 3.95. The van der Waals surface area contributed by atoms with Crippen LogP contribution >= 0.6 is 0 Å². The van der Waals surface area contributed by atoms with Gasteiger partial charge in [0.15, 0.2) is 0 Å². The van der Waals surface area contributed by atoms with Gasteiger partial charge in [0.1, 0.15) is 0 Å². The van der Waals surface area contributed by atoms with E-state index >= 15 is 0 Å². The van der Waals surface area contributed by atoms with Gasteiger partial charge in [-0.2, -0.15) is 0 Å².